The van der Waals surface area contributed by atoms with E-state index in [1.165, 1.54) is 59.2 Å². The van der Waals surface area contributed by atoms with Gasteiger partial charge in [0, 0.05) is 0 Å². The summed E-state index contributed by atoms with van der Waals surface area (Å²) >= 11 is 0. The van der Waals surface area contributed by atoms with Crippen LogP contribution in [0.5, 0.6) is 0 Å². The van der Waals surface area contributed by atoms with Gasteiger partial charge < -0.3 is 38.7 Å². The average molecular weight is 505 g/mol. The maximum absolute atomic E-state index is 2.39. The Hall–Kier alpha value is -0.877. The molecule has 4 aromatic rings. The number of halogens is 2. The summed E-state index contributed by atoms with van der Waals surface area (Å²) in [7, 11) is 0. The van der Waals surface area contributed by atoms with Gasteiger partial charge in [-0.15, -0.1) is 64.2 Å². The Morgan fingerprint density at radius 1 is 0.759 bits per heavy atom. The second-order valence-electron chi connectivity index (χ2n) is 6.68. The van der Waals surface area contributed by atoms with Crippen molar-refractivity contribution in [2.24, 2.45) is 0 Å². The van der Waals surface area contributed by atoms with Gasteiger partial charge >= 0.3 is 26.2 Å². The van der Waals surface area contributed by atoms with E-state index in [2.05, 4.69) is 92.2 Å². The van der Waals surface area contributed by atoms with Crippen LogP contribution < -0.4 is 24.8 Å². The van der Waals surface area contributed by atoms with E-state index in [9.17, 15) is 0 Å². The van der Waals surface area contributed by atoms with Gasteiger partial charge in [0.2, 0.25) is 0 Å². The van der Waals surface area contributed by atoms with Crippen LogP contribution in [0.15, 0.2) is 78.9 Å². The summed E-state index contributed by atoms with van der Waals surface area (Å²) in [6.45, 7) is 2.14. The van der Waals surface area contributed by atoms with Crippen molar-refractivity contribution in [2.45, 2.75) is 39.0 Å². The molecule has 0 saturated heterocycles. The fourth-order valence-electron chi connectivity index (χ4n) is 3.27. The Labute approximate surface area is 208 Å². The van der Waals surface area contributed by atoms with Gasteiger partial charge in [0.15, 0.2) is 0 Å². The van der Waals surface area contributed by atoms with Crippen molar-refractivity contribution < 1.29 is 51.0 Å². The van der Waals surface area contributed by atoms with E-state index in [1.807, 2.05) is 0 Å². The summed E-state index contributed by atoms with van der Waals surface area (Å²) in [6, 6.07) is 27.4. The van der Waals surface area contributed by atoms with E-state index in [-0.39, 0.29) is 58.4 Å². The van der Waals surface area contributed by atoms with E-state index >= 15 is 0 Å². The Balaban J connectivity index is 0. The average Bonchev–Trinajstić information content (AvgIpc) is 3.31. The molecule has 0 atom stereocenters. The van der Waals surface area contributed by atoms with Crippen molar-refractivity contribution in [3.05, 3.63) is 98.3 Å². The van der Waals surface area contributed by atoms with Crippen LogP contribution in [0, 0.1) is 20.8 Å². The van der Waals surface area contributed by atoms with Gasteiger partial charge in [-0.05, 0) is 0 Å². The maximum Gasteiger partial charge on any atom is 2.00 e. The molecule has 0 radical (unpaired) electrons. The molecule has 1 fully saturated rings. The molecule has 1 aliphatic carbocycles. The van der Waals surface area contributed by atoms with Crippen LogP contribution in [0.1, 0.15) is 37.7 Å². The zero-order chi connectivity index (χ0) is 17.3. The van der Waals surface area contributed by atoms with Gasteiger partial charge in [0.25, 0.3) is 0 Å². The monoisotopic (exact) mass is 502 g/mol. The molecule has 4 aromatic carbocycles. The number of aryl methyl sites for hydroxylation is 1. The zero-order valence-corrected chi connectivity index (χ0v) is 21.3. The number of benzene rings is 2. The zero-order valence-electron chi connectivity index (χ0n) is 17.4. The van der Waals surface area contributed by atoms with Gasteiger partial charge in [-0.3, -0.25) is 0 Å². The fraction of sp³-hybridized carbons (Fsp3) is 0.231. The first-order valence-corrected chi connectivity index (χ1v) is 9.38. The summed E-state index contributed by atoms with van der Waals surface area (Å²) in [5, 5.41) is 5.39. The second-order valence-corrected chi connectivity index (χ2v) is 6.68. The van der Waals surface area contributed by atoms with Gasteiger partial charge in [-0.2, -0.15) is 42.5 Å². The van der Waals surface area contributed by atoms with Gasteiger partial charge in [-0.1, -0.05) is 38.3 Å². The molecule has 0 bridgehead atoms. The van der Waals surface area contributed by atoms with E-state index < -0.39 is 0 Å². The van der Waals surface area contributed by atoms with Gasteiger partial charge in [0.05, 0.1) is 0 Å². The third-order valence-corrected chi connectivity index (χ3v) is 4.76. The van der Waals surface area contributed by atoms with Crippen LogP contribution in [-0.4, -0.2) is 0 Å². The van der Waals surface area contributed by atoms with E-state index in [1.54, 1.807) is 0 Å². The van der Waals surface area contributed by atoms with E-state index in [4.69, 9.17) is 0 Å². The Morgan fingerprint density at radius 2 is 1.38 bits per heavy atom. The van der Waals surface area contributed by atoms with Crippen molar-refractivity contribution in [2.75, 3.05) is 0 Å². The summed E-state index contributed by atoms with van der Waals surface area (Å²) in [5.74, 6) is 0. The van der Waals surface area contributed by atoms with E-state index in [0.29, 0.717) is 0 Å². The molecule has 0 nitrogen and oxygen atoms in total. The maximum atomic E-state index is 2.39. The van der Waals surface area contributed by atoms with Crippen LogP contribution in [0.2, 0.25) is 0 Å². The fourth-order valence-corrected chi connectivity index (χ4v) is 3.27. The summed E-state index contributed by atoms with van der Waals surface area (Å²) in [6.07, 6.45) is 9.50. The van der Waals surface area contributed by atoms with Gasteiger partial charge in [-0.25, -0.2) is 0 Å². The number of rotatable bonds is 0. The quantitative estimate of drug-likeness (QED) is 0.322. The van der Waals surface area contributed by atoms with Crippen molar-refractivity contribution in [1.82, 2.24) is 0 Å². The largest absolute Gasteiger partial charge is 2.00 e. The molecule has 0 unspecified atom stereocenters. The Kier molecular flexibility index (Phi) is 17.6. The summed E-state index contributed by atoms with van der Waals surface area (Å²) < 4.78 is 0. The minimum absolute atomic E-state index is 0. The molecule has 156 valence electrons. The predicted octanol–water partition coefficient (Wildman–Crippen LogP) is 2.04. The molecule has 0 aromatic heterocycles. The van der Waals surface area contributed by atoms with Gasteiger partial charge in [0.1, 0.15) is 0 Å². The number of fused-ring (bicyclic) bond motifs is 2. The third kappa shape index (κ3) is 9.65. The third-order valence-electron chi connectivity index (χ3n) is 4.76. The Morgan fingerprint density at radius 3 is 1.93 bits per heavy atom. The molecule has 0 aliphatic heterocycles. The number of hydrogen-bond acceptors (Lipinski definition) is 0. The molecular formula is C26H30Cl2Zr-4. The standard InChI is InChI=1S/C10H9.C9H7.C6H11.CH3.2ClH.Zr/c1-8-6-7-9-4-2-3-5-10(8)9;1-2-5-9-7-3-6-8(9)4-1;1-2-4-6-5-3-1;;;;/h2-7H,1H3;1-7H;1H,2-6H2;1H3;2*1H;/q4*-1;;;+2/p-2. The topological polar surface area (TPSA) is 0 Å². The minimum Gasteiger partial charge on any atom is -1.00 e. The molecular weight excluding hydrogens is 474 g/mol. The van der Waals surface area contributed by atoms with Crippen LogP contribution in [0.3, 0.4) is 0 Å². The second kappa shape index (κ2) is 16.9. The Bertz CT molecular complexity index is 846. The molecule has 0 spiro atoms. The van der Waals surface area contributed by atoms with Crippen molar-refractivity contribution in [1.29, 1.82) is 0 Å². The van der Waals surface area contributed by atoms with E-state index in [0.717, 1.165) is 0 Å². The molecule has 0 N–H and O–H groups in total. The van der Waals surface area contributed by atoms with Crippen LogP contribution in [-0.2, 0) is 26.2 Å². The molecule has 1 aliphatic rings. The summed E-state index contributed by atoms with van der Waals surface area (Å²) in [4.78, 5) is 0. The summed E-state index contributed by atoms with van der Waals surface area (Å²) in [5.41, 5.74) is 1.37. The first kappa shape index (κ1) is 30.3. The van der Waals surface area contributed by atoms with Crippen molar-refractivity contribution >= 4 is 21.5 Å². The van der Waals surface area contributed by atoms with Crippen LogP contribution >= 0.6 is 0 Å². The molecule has 29 heavy (non-hydrogen) atoms. The molecule has 3 heteroatoms. The molecule has 1 saturated carbocycles. The van der Waals surface area contributed by atoms with Crippen molar-refractivity contribution in [3.63, 3.8) is 0 Å². The van der Waals surface area contributed by atoms with Crippen LogP contribution in [0.25, 0.3) is 21.5 Å². The van der Waals surface area contributed by atoms with Crippen LogP contribution in [0.4, 0.5) is 0 Å². The smallest absolute Gasteiger partial charge is 1.00 e. The first-order chi connectivity index (χ1) is 12.3. The molecule has 0 heterocycles. The molecule has 5 rings (SSSR count). The normalized spacial score (nSPS) is 11.8. The van der Waals surface area contributed by atoms with Crippen molar-refractivity contribution in [3.8, 4) is 0 Å². The SMILES string of the molecule is C[c-]1ccc2ccccc21.[CH-]1CCCCC1.[CH3-].[Cl-].[Cl-].[Zr+2].c1ccc2[cH-]ccc2c1. The number of hydrogen-bond donors (Lipinski definition) is 0. The minimum atomic E-state index is 0. The molecule has 0 amide bonds. The predicted molar refractivity (Wildman–Crippen MR) is 118 cm³/mol. The first-order valence-electron chi connectivity index (χ1n) is 9.38.